The van der Waals surface area contributed by atoms with Gasteiger partial charge in [-0.3, -0.25) is 10.3 Å². The first kappa shape index (κ1) is 15.2. The van der Waals surface area contributed by atoms with Crippen LogP contribution >= 0.6 is 0 Å². The maximum atomic E-state index is 12.7. The van der Waals surface area contributed by atoms with Gasteiger partial charge < -0.3 is 0 Å². The number of aryl methyl sites for hydroxylation is 3. The third-order valence-corrected chi connectivity index (χ3v) is 3.91. The maximum absolute atomic E-state index is 12.7. The lowest BCUT2D eigenvalue weighted by Gasteiger charge is -2.17. The highest BCUT2D eigenvalue weighted by atomic mass is 16.2. The minimum Gasteiger partial charge on any atom is -0.275 e. The zero-order valence-electron chi connectivity index (χ0n) is 13.8. The van der Waals surface area contributed by atoms with E-state index in [1.54, 1.807) is 9.91 Å². The van der Waals surface area contributed by atoms with Crippen molar-refractivity contribution in [2.24, 2.45) is 0 Å². The molecule has 2 aromatic rings. The van der Waals surface area contributed by atoms with E-state index in [9.17, 15) is 4.79 Å². The van der Waals surface area contributed by atoms with Crippen molar-refractivity contribution < 1.29 is 4.79 Å². The normalized spacial score (nSPS) is 14.4. The topological polar surface area (TPSA) is 35.6 Å². The lowest BCUT2D eigenvalue weighted by Crippen LogP contribution is -2.35. The van der Waals surface area contributed by atoms with E-state index >= 15 is 0 Å². The molecule has 0 bridgehead atoms. The summed E-state index contributed by atoms with van der Waals surface area (Å²) in [7, 11) is 0. The molecule has 1 heterocycles. The lowest BCUT2D eigenvalue weighted by molar-refractivity contribution is 0.225. The highest BCUT2D eigenvalue weighted by molar-refractivity contribution is 5.95. The Morgan fingerprint density at radius 2 is 1.57 bits per heavy atom. The molecule has 3 rings (SSSR count). The molecule has 1 fully saturated rings. The number of nitrogens with one attached hydrogen (secondary N) is 1. The summed E-state index contributed by atoms with van der Waals surface area (Å²) < 4.78 is 0. The summed E-state index contributed by atoms with van der Waals surface area (Å²) in [4.78, 5) is 14.4. The fourth-order valence-corrected chi connectivity index (χ4v) is 2.77. The van der Waals surface area contributed by atoms with Crippen molar-refractivity contribution in [1.29, 1.82) is 0 Å². The van der Waals surface area contributed by atoms with Crippen LogP contribution in [0.25, 0.3) is 0 Å². The van der Waals surface area contributed by atoms with Crippen LogP contribution in [-0.2, 0) is 6.54 Å². The Morgan fingerprint density at radius 1 is 0.957 bits per heavy atom. The van der Waals surface area contributed by atoms with Gasteiger partial charge >= 0.3 is 6.03 Å². The summed E-state index contributed by atoms with van der Waals surface area (Å²) in [6, 6.07) is 14.1. The number of rotatable bonds is 3. The largest absolute Gasteiger partial charge is 0.349 e. The highest BCUT2D eigenvalue weighted by Gasteiger charge is 2.32. The first-order valence-electron chi connectivity index (χ1n) is 7.65. The Morgan fingerprint density at radius 3 is 2.17 bits per heavy atom. The molecule has 4 heteroatoms. The van der Waals surface area contributed by atoms with Crippen molar-refractivity contribution in [3.8, 4) is 0 Å². The van der Waals surface area contributed by atoms with Crippen LogP contribution in [-0.4, -0.2) is 10.9 Å². The molecule has 1 saturated heterocycles. The lowest BCUT2D eigenvalue weighted by atomic mass is 10.1. The molecule has 2 amide bonds. The number of nitrogens with zero attached hydrogens (tertiary/aromatic N) is 2. The second-order valence-electron chi connectivity index (χ2n) is 6.09. The molecule has 4 nitrogen and oxygen atoms in total. The van der Waals surface area contributed by atoms with Crippen LogP contribution in [0.3, 0.4) is 0 Å². The van der Waals surface area contributed by atoms with Gasteiger partial charge in [0.25, 0.3) is 0 Å². The minimum absolute atomic E-state index is 0.111. The SMILES string of the molecule is C=C1NN(c2cc(C)cc(C)c2)C(=O)N1Cc1ccc(C)cc1. The first-order valence-corrected chi connectivity index (χ1v) is 7.65. The molecular formula is C19H21N3O. The molecule has 2 aromatic carbocycles. The number of amides is 2. The molecule has 0 aliphatic carbocycles. The van der Waals surface area contributed by atoms with Crippen LogP contribution in [0.1, 0.15) is 22.3 Å². The van der Waals surface area contributed by atoms with Crippen molar-refractivity contribution in [1.82, 2.24) is 10.3 Å². The summed E-state index contributed by atoms with van der Waals surface area (Å²) in [5.41, 5.74) is 8.43. The van der Waals surface area contributed by atoms with Crippen LogP contribution in [0.2, 0.25) is 0 Å². The first-order chi connectivity index (χ1) is 10.9. The Bertz CT molecular complexity index is 744. The second kappa shape index (κ2) is 5.80. The van der Waals surface area contributed by atoms with Gasteiger partial charge in [0, 0.05) is 0 Å². The number of hydrazine groups is 1. The number of hydrogen-bond donors (Lipinski definition) is 1. The molecule has 118 valence electrons. The third-order valence-electron chi connectivity index (χ3n) is 3.91. The minimum atomic E-state index is -0.111. The monoisotopic (exact) mass is 307 g/mol. The Kier molecular flexibility index (Phi) is 3.82. The van der Waals surface area contributed by atoms with Crippen LogP contribution in [0.5, 0.6) is 0 Å². The Labute approximate surface area is 137 Å². The molecule has 1 N–H and O–H groups in total. The molecule has 1 aliphatic rings. The number of urea groups is 1. The molecule has 0 unspecified atom stereocenters. The number of anilines is 1. The van der Waals surface area contributed by atoms with Gasteiger partial charge in [-0.15, -0.1) is 0 Å². The van der Waals surface area contributed by atoms with E-state index in [4.69, 9.17) is 0 Å². The van der Waals surface area contributed by atoms with Crippen LogP contribution in [0, 0.1) is 20.8 Å². The molecular weight excluding hydrogens is 286 g/mol. The predicted octanol–water partition coefficient (Wildman–Crippen LogP) is 4.03. The Balaban J connectivity index is 1.83. The second-order valence-corrected chi connectivity index (χ2v) is 6.09. The van der Waals surface area contributed by atoms with Crippen molar-refractivity contribution in [2.45, 2.75) is 27.3 Å². The predicted molar refractivity (Wildman–Crippen MR) is 92.8 cm³/mol. The fourth-order valence-electron chi connectivity index (χ4n) is 2.77. The quantitative estimate of drug-likeness (QED) is 0.929. The average Bonchev–Trinajstić information content (AvgIpc) is 2.76. The third kappa shape index (κ3) is 3.06. The fraction of sp³-hybridized carbons (Fsp3) is 0.211. The van der Waals surface area contributed by atoms with Gasteiger partial charge in [-0.25, -0.2) is 9.80 Å². The van der Waals surface area contributed by atoms with Crippen LogP contribution < -0.4 is 10.4 Å². The van der Waals surface area contributed by atoms with Crippen LogP contribution in [0.15, 0.2) is 54.9 Å². The summed E-state index contributed by atoms with van der Waals surface area (Å²) in [6.45, 7) is 10.6. The summed E-state index contributed by atoms with van der Waals surface area (Å²) in [6.07, 6.45) is 0. The summed E-state index contributed by atoms with van der Waals surface area (Å²) in [5.74, 6) is 0.592. The van der Waals surface area contributed by atoms with E-state index < -0.39 is 0 Å². The standard InChI is InChI=1S/C19H21N3O/c1-13-5-7-17(8-6-13)12-21-16(4)20-22(19(21)23)18-10-14(2)9-15(3)11-18/h5-11,20H,4,12H2,1-3H3. The van der Waals surface area contributed by atoms with E-state index in [0.717, 1.165) is 22.4 Å². The van der Waals surface area contributed by atoms with E-state index in [2.05, 4.69) is 18.1 Å². The number of carbonyl (C=O) groups is 1. The number of carbonyl (C=O) groups excluding carboxylic acids is 1. The van der Waals surface area contributed by atoms with Gasteiger partial charge in [0.1, 0.15) is 5.82 Å². The molecule has 0 atom stereocenters. The zero-order chi connectivity index (χ0) is 16.6. The van der Waals surface area contributed by atoms with Crippen LogP contribution in [0.4, 0.5) is 10.5 Å². The van der Waals surface area contributed by atoms with E-state index in [1.807, 2.05) is 57.2 Å². The molecule has 0 aromatic heterocycles. The van der Waals surface area contributed by atoms with Crippen molar-refractivity contribution in [2.75, 3.05) is 5.01 Å². The van der Waals surface area contributed by atoms with Crippen molar-refractivity contribution in [3.05, 3.63) is 77.1 Å². The van der Waals surface area contributed by atoms with Gasteiger partial charge in [-0.1, -0.05) is 42.5 Å². The van der Waals surface area contributed by atoms with Gasteiger partial charge in [0.05, 0.1) is 12.2 Å². The summed E-state index contributed by atoms with van der Waals surface area (Å²) in [5, 5.41) is 1.55. The molecule has 1 aliphatic heterocycles. The van der Waals surface area contributed by atoms with Gasteiger partial charge in [-0.05, 0) is 49.6 Å². The highest BCUT2D eigenvalue weighted by Crippen LogP contribution is 2.25. The maximum Gasteiger partial charge on any atom is 0.349 e. The number of hydrogen-bond acceptors (Lipinski definition) is 2. The molecule has 0 spiro atoms. The van der Waals surface area contributed by atoms with E-state index in [1.165, 1.54) is 5.56 Å². The van der Waals surface area contributed by atoms with Gasteiger partial charge in [-0.2, -0.15) is 0 Å². The molecule has 0 radical (unpaired) electrons. The molecule has 0 saturated carbocycles. The van der Waals surface area contributed by atoms with E-state index in [0.29, 0.717) is 12.4 Å². The van der Waals surface area contributed by atoms with Gasteiger partial charge in [0.2, 0.25) is 0 Å². The molecule has 23 heavy (non-hydrogen) atoms. The Hall–Kier alpha value is -2.75. The van der Waals surface area contributed by atoms with Crippen molar-refractivity contribution >= 4 is 11.7 Å². The van der Waals surface area contributed by atoms with Crippen molar-refractivity contribution in [3.63, 3.8) is 0 Å². The van der Waals surface area contributed by atoms with E-state index in [-0.39, 0.29) is 6.03 Å². The van der Waals surface area contributed by atoms with Gasteiger partial charge in [0.15, 0.2) is 0 Å². The summed E-state index contributed by atoms with van der Waals surface area (Å²) >= 11 is 0. The zero-order valence-corrected chi connectivity index (χ0v) is 13.8. The smallest absolute Gasteiger partial charge is 0.275 e. The number of benzene rings is 2. The average molecular weight is 307 g/mol.